The minimum Gasteiger partial charge on any atom is -0.390 e. The van der Waals surface area contributed by atoms with Crippen molar-refractivity contribution >= 4 is 6.29 Å². The van der Waals surface area contributed by atoms with Gasteiger partial charge in [0.05, 0.1) is 5.60 Å². The number of aldehydes is 1. The van der Waals surface area contributed by atoms with E-state index in [0.717, 1.165) is 68.0 Å². The predicted molar refractivity (Wildman–Crippen MR) is 115 cm³/mol. The fourth-order valence-electron chi connectivity index (χ4n) is 9.15. The molecule has 4 fully saturated rings. The molecule has 0 bridgehead atoms. The maximum atomic E-state index is 11.0. The second-order valence-corrected chi connectivity index (χ2v) is 11.9. The highest BCUT2D eigenvalue weighted by Gasteiger charge is 2.61. The highest BCUT2D eigenvalue weighted by atomic mass is 16.3. The number of carbonyl (C=O) groups excluding carboxylic acids is 1. The lowest BCUT2D eigenvalue weighted by Crippen LogP contribution is -2.56. The van der Waals surface area contributed by atoms with E-state index >= 15 is 0 Å². The molecular weight excluding hydrogens is 344 g/mol. The van der Waals surface area contributed by atoms with E-state index in [-0.39, 0.29) is 5.60 Å². The Morgan fingerprint density at radius 1 is 1.00 bits per heavy atom. The van der Waals surface area contributed by atoms with Gasteiger partial charge in [0.25, 0.3) is 0 Å². The van der Waals surface area contributed by atoms with Gasteiger partial charge in [-0.2, -0.15) is 0 Å². The summed E-state index contributed by atoms with van der Waals surface area (Å²) in [6.07, 6.45) is 15.5. The Morgan fingerprint density at radius 2 is 1.75 bits per heavy atom. The normalized spacial score (nSPS) is 51.7. The first kappa shape index (κ1) is 20.9. The average molecular weight is 389 g/mol. The van der Waals surface area contributed by atoms with Crippen LogP contribution < -0.4 is 0 Å². The Kier molecular flexibility index (Phi) is 5.52. The van der Waals surface area contributed by atoms with Crippen LogP contribution in [0.2, 0.25) is 0 Å². The van der Waals surface area contributed by atoms with E-state index in [2.05, 4.69) is 27.7 Å². The van der Waals surface area contributed by atoms with Crippen molar-refractivity contribution < 1.29 is 9.90 Å². The number of fused-ring (bicyclic) bond motifs is 5. The molecule has 0 aliphatic heterocycles. The molecule has 4 rings (SSSR count). The molecule has 4 saturated carbocycles. The lowest BCUT2D eigenvalue weighted by atomic mass is 9.43. The van der Waals surface area contributed by atoms with Crippen molar-refractivity contribution in [3.05, 3.63) is 0 Å². The summed E-state index contributed by atoms with van der Waals surface area (Å²) < 4.78 is 0. The fourth-order valence-corrected chi connectivity index (χ4v) is 9.15. The van der Waals surface area contributed by atoms with Gasteiger partial charge in [0.1, 0.15) is 6.29 Å². The first-order valence-electron chi connectivity index (χ1n) is 12.4. The zero-order chi connectivity index (χ0) is 20.2. The molecule has 28 heavy (non-hydrogen) atoms. The molecule has 0 radical (unpaired) electrons. The third-order valence-corrected chi connectivity index (χ3v) is 11.0. The van der Waals surface area contributed by atoms with E-state index in [1.807, 2.05) is 0 Å². The monoisotopic (exact) mass is 388 g/mol. The molecule has 2 heteroatoms. The summed E-state index contributed by atoms with van der Waals surface area (Å²) in [6.45, 7) is 9.81. The van der Waals surface area contributed by atoms with Gasteiger partial charge in [-0.15, -0.1) is 0 Å². The molecule has 4 aliphatic rings. The highest BCUT2D eigenvalue weighted by molar-refractivity contribution is 5.49. The van der Waals surface area contributed by atoms with Gasteiger partial charge in [-0.25, -0.2) is 0 Å². The predicted octanol–water partition coefficient (Wildman–Crippen LogP) is 6.40. The van der Waals surface area contributed by atoms with Crippen molar-refractivity contribution in [2.45, 2.75) is 110 Å². The first-order chi connectivity index (χ1) is 13.3. The van der Waals surface area contributed by atoms with Crippen LogP contribution in [0.3, 0.4) is 0 Å². The lowest BCUT2D eigenvalue weighted by Gasteiger charge is -2.62. The quantitative estimate of drug-likeness (QED) is 0.553. The van der Waals surface area contributed by atoms with E-state index in [9.17, 15) is 9.90 Å². The van der Waals surface area contributed by atoms with Gasteiger partial charge in [0, 0.05) is 6.42 Å². The Bertz CT molecular complexity index is 587. The summed E-state index contributed by atoms with van der Waals surface area (Å²) in [5, 5.41) is 11.0. The third-order valence-electron chi connectivity index (χ3n) is 11.0. The molecule has 4 aliphatic carbocycles. The fraction of sp³-hybridized carbons (Fsp3) is 0.962. The molecule has 0 unspecified atom stereocenters. The van der Waals surface area contributed by atoms with E-state index in [1.54, 1.807) is 0 Å². The number of hydrogen-bond donors (Lipinski definition) is 1. The maximum absolute atomic E-state index is 11.0. The van der Waals surface area contributed by atoms with Crippen molar-refractivity contribution in [2.24, 2.45) is 46.3 Å². The summed E-state index contributed by atoms with van der Waals surface area (Å²) in [6, 6.07) is 0. The summed E-state index contributed by atoms with van der Waals surface area (Å²) in [5.74, 6) is 4.95. The lowest BCUT2D eigenvalue weighted by molar-refractivity contribution is -0.152. The summed E-state index contributed by atoms with van der Waals surface area (Å²) >= 11 is 0. The molecule has 160 valence electrons. The highest BCUT2D eigenvalue weighted by Crippen LogP contribution is 2.69. The van der Waals surface area contributed by atoms with Crippen molar-refractivity contribution in [1.29, 1.82) is 0 Å². The summed E-state index contributed by atoms with van der Waals surface area (Å²) in [7, 11) is 0. The van der Waals surface area contributed by atoms with Crippen LogP contribution in [-0.4, -0.2) is 17.0 Å². The zero-order valence-corrected chi connectivity index (χ0v) is 18.9. The number of aliphatic hydroxyl groups is 1. The Hall–Kier alpha value is -0.370. The standard InChI is InChI=1S/C26H44O2/c1-5-26(28)15-14-24(3)19(17-26)8-9-20-22-11-10-21(18(2)7-6-16-27)25(22,4)13-12-23(20)24/h16,18-23,28H,5-15,17H2,1-4H3/t18-,19+,20+,21-,22+,23+,24+,25-,26+/m1/s1. The minimum absolute atomic E-state index is 0.382. The van der Waals surface area contributed by atoms with Gasteiger partial charge in [-0.05, 0) is 117 Å². The molecule has 0 aromatic rings. The minimum atomic E-state index is -0.382. The van der Waals surface area contributed by atoms with Gasteiger partial charge >= 0.3 is 0 Å². The largest absolute Gasteiger partial charge is 0.390 e. The maximum Gasteiger partial charge on any atom is 0.120 e. The van der Waals surface area contributed by atoms with Crippen molar-refractivity contribution in [1.82, 2.24) is 0 Å². The molecule has 0 aromatic carbocycles. The van der Waals surface area contributed by atoms with E-state index in [0.29, 0.717) is 16.7 Å². The Labute approximate surface area is 173 Å². The van der Waals surface area contributed by atoms with Gasteiger partial charge in [-0.3, -0.25) is 0 Å². The van der Waals surface area contributed by atoms with Crippen molar-refractivity contribution in [3.8, 4) is 0 Å². The van der Waals surface area contributed by atoms with Crippen LogP contribution in [0, 0.1) is 46.3 Å². The van der Waals surface area contributed by atoms with Gasteiger partial charge in [0.15, 0.2) is 0 Å². The molecule has 0 saturated heterocycles. The van der Waals surface area contributed by atoms with Crippen LogP contribution in [-0.2, 0) is 4.79 Å². The Morgan fingerprint density at radius 3 is 2.46 bits per heavy atom. The van der Waals surface area contributed by atoms with Crippen LogP contribution in [0.25, 0.3) is 0 Å². The van der Waals surface area contributed by atoms with Gasteiger partial charge in [-0.1, -0.05) is 27.7 Å². The van der Waals surface area contributed by atoms with Crippen LogP contribution in [0.15, 0.2) is 0 Å². The molecule has 0 amide bonds. The first-order valence-corrected chi connectivity index (χ1v) is 12.4. The molecule has 1 N–H and O–H groups in total. The number of rotatable bonds is 5. The van der Waals surface area contributed by atoms with Crippen LogP contribution in [0.1, 0.15) is 105 Å². The second kappa shape index (κ2) is 7.40. The molecular formula is C26H44O2. The third kappa shape index (κ3) is 3.12. The molecule has 0 aromatic heterocycles. The van der Waals surface area contributed by atoms with Gasteiger partial charge in [0.2, 0.25) is 0 Å². The number of hydrogen-bond acceptors (Lipinski definition) is 2. The van der Waals surface area contributed by atoms with Gasteiger partial charge < -0.3 is 9.90 Å². The SMILES string of the molecule is CC[C@]1(O)CC[C@@]2(C)[C@@H](CC[C@@H]3[C@@H]2CC[C@]2(C)[C@@H]([C@H](C)CCC=O)CC[C@@H]32)C1. The Balaban J connectivity index is 1.52. The zero-order valence-electron chi connectivity index (χ0n) is 18.9. The van der Waals surface area contributed by atoms with E-state index in [4.69, 9.17) is 0 Å². The van der Waals surface area contributed by atoms with Crippen molar-refractivity contribution in [3.63, 3.8) is 0 Å². The molecule has 0 heterocycles. The smallest absolute Gasteiger partial charge is 0.120 e. The van der Waals surface area contributed by atoms with Crippen molar-refractivity contribution in [2.75, 3.05) is 0 Å². The molecule has 0 spiro atoms. The van der Waals surface area contributed by atoms with E-state index in [1.165, 1.54) is 44.9 Å². The summed E-state index contributed by atoms with van der Waals surface area (Å²) in [5.41, 5.74) is 0.588. The van der Waals surface area contributed by atoms with Crippen LogP contribution in [0.5, 0.6) is 0 Å². The molecule has 2 nitrogen and oxygen atoms in total. The van der Waals surface area contributed by atoms with Crippen LogP contribution >= 0.6 is 0 Å². The topological polar surface area (TPSA) is 37.3 Å². The van der Waals surface area contributed by atoms with Crippen LogP contribution in [0.4, 0.5) is 0 Å². The molecule has 9 atom stereocenters. The second-order valence-electron chi connectivity index (χ2n) is 11.9. The van der Waals surface area contributed by atoms with E-state index < -0.39 is 0 Å². The number of carbonyl (C=O) groups is 1. The average Bonchev–Trinajstić information content (AvgIpc) is 3.04. The summed E-state index contributed by atoms with van der Waals surface area (Å²) in [4.78, 5) is 10.9.